The van der Waals surface area contributed by atoms with E-state index < -0.39 is 0 Å². The second kappa shape index (κ2) is 11.3. The van der Waals surface area contributed by atoms with Crippen LogP contribution in [0, 0.1) is 12.7 Å². The van der Waals surface area contributed by atoms with Crippen molar-refractivity contribution in [1.29, 1.82) is 0 Å². The van der Waals surface area contributed by atoms with E-state index in [1.54, 1.807) is 18.2 Å². The molecule has 0 fully saturated rings. The molecule has 0 bridgehead atoms. The maximum absolute atomic E-state index is 13.1. The lowest BCUT2D eigenvalue weighted by atomic mass is 10.1. The third kappa shape index (κ3) is 7.96. The average molecular weight is 407 g/mol. The highest BCUT2D eigenvalue weighted by Crippen LogP contribution is 2.21. The molecule has 2 N–H and O–H groups in total. The number of aryl methyl sites for hydroxylation is 1. The molecule has 0 saturated heterocycles. The van der Waals surface area contributed by atoms with Gasteiger partial charge in [0.1, 0.15) is 11.6 Å². The topological polar surface area (TPSA) is 67.4 Å². The van der Waals surface area contributed by atoms with Crippen LogP contribution >= 0.6 is 11.6 Å². The maximum Gasteiger partial charge on any atom is 0.224 e. The minimum absolute atomic E-state index is 0.101. The first-order chi connectivity index (χ1) is 13.4. The highest BCUT2D eigenvalue weighted by atomic mass is 35.5. The van der Waals surface area contributed by atoms with Crippen LogP contribution in [0.5, 0.6) is 5.75 Å². The Hall–Kier alpha value is -2.60. The van der Waals surface area contributed by atoms with Gasteiger partial charge in [0.2, 0.25) is 11.8 Å². The molecule has 28 heavy (non-hydrogen) atoms. The zero-order chi connectivity index (χ0) is 20.4. The molecule has 0 aliphatic carbocycles. The fraction of sp³-hybridized carbons (Fsp3) is 0.333. The fourth-order valence-corrected chi connectivity index (χ4v) is 2.80. The Balaban J connectivity index is 1.54. The number of hydrogen-bond donors (Lipinski definition) is 2. The van der Waals surface area contributed by atoms with Crippen molar-refractivity contribution in [2.75, 3.05) is 19.7 Å². The van der Waals surface area contributed by atoms with Crippen LogP contribution in [0.4, 0.5) is 4.39 Å². The molecule has 150 valence electrons. The summed E-state index contributed by atoms with van der Waals surface area (Å²) < 4.78 is 18.7. The monoisotopic (exact) mass is 406 g/mol. The summed E-state index contributed by atoms with van der Waals surface area (Å²) in [6.07, 6.45) is 1.02. The molecule has 0 atom stereocenters. The normalized spacial score (nSPS) is 10.4. The lowest BCUT2D eigenvalue weighted by Gasteiger charge is -2.10. The van der Waals surface area contributed by atoms with Gasteiger partial charge in [-0.15, -0.1) is 0 Å². The molecule has 0 heterocycles. The first kappa shape index (κ1) is 21.7. The molecule has 0 aromatic heterocycles. The second-order valence-electron chi connectivity index (χ2n) is 6.37. The molecule has 0 unspecified atom stereocenters. The van der Waals surface area contributed by atoms with Gasteiger partial charge in [0.05, 0.1) is 13.0 Å². The van der Waals surface area contributed by atoms with Gasteiger partial charge in [-0.05, 0) is 54.8 Å². The molecule has 2 rings (SSSR count). The van der Waals surface area contributed by atoms with Crippen molar-refractivity contribution in [2.45, 2.75) is 26.2 Å². The van der Waals surface area contributed by atoms with Gasteiger partial charge in [-0.25, -0.2) is 4.39 Å². The van der Waals surface area contributed by atoms with Crippen LogP contribution in [0.15, 0.2) is 42.5 Å². The number of amides is 2. The van der Waals surface area contributed by atoms with Crippen molar-refractivity contribution in [1.82, 2.24) is 10.6 Å². The quantitative estimate of drug-likeness (QED) is 0.594. The Morgan fingerprint density at radius 2 is 1.82 bits per heavy atom. The van der Waals surface area contributed by atoms with Crippen LogP contribution in [0.3, 0.4) is 0 Å². The predicted molar refractivity (Wildman–Crippen MR) is 107 cm³/mol. The molecule has 2 amide bonds. The minimum Gasteiger partial charge on any atom is -0.493 e. The molecule has 2 aromatic rings. The van der Waals surface area contributed by atoms with Gasteiger partial charge in [0, 0.05) is 24.5 Å². The Morgan fingerprint density at radius 1 is 1.07 bits per heavy atom. The van der Waals surface area contributed by atoms with Crippen molar-refractivity contribution in [2.24, 2.45) is 0 Å². The summed E-state index contributed by atoms with van der Waals surface area (Å²) in [6, 6.07) is 11.3. The molecular weight excluding hydrogens is 383 g/mol. The zero-order valence-corrected chi connectivity index (χ0v) is 16.5. The molecular formula is C21H24ClFN2O3. The third-order valence-corrected chi connectivity index (χ3v) is 4.20. The fourth-order valence-electron chi connectivity index (χ4n) is 2.58. The third-order valence-electron chi connectivity index (χ3n) is 3.97. The van der Waals surface area contributed by atoms with Gasteiger partial charge in [-0.3, -0.25) is 9.59 Å². The number of ether oxygens (including phenoxy) is 1. The average Bonchev–Trinajstić information content (AvgIpc) is 2.64. The molecule has 0 aliphatic rings. The van der Waals surface area contributed by atoms with Crippen molar-refractivity contribution in [3.8, 4) is 5.75 Å². The molecule has 5 nitrogen and oxygen atoms in total. The van der Waals surface area contributed by atoms with Crippen LogP contribution in [0.2, 0.25) is 5.02 Å². The number of hydrogen-bond acceptors (Lipinski definition) is 3. The number of halogens is 2. The largest absolute Gasteiger partial charge is 0.493 e. The molecule has 0 radical (unpaired) electrons. The van der Waals surface area contributed by atoms with Crippen molar-refractivity contribution in [3.05, 3.63) is 64.4 Å². The van der Waals surface area contributed by atoms with Crippen LogP contribution in [-0.4, -0.2) is 31.5 Å². The van der Waals surface area contributed by atoms with Crippen LogP contribution in [0.25, 0.3) is 0 Å². The van der Waals surface area contributed by atoms with Crippen molar-refractivity contribution >= 4 is 23.4 Å². The predicted octanol–water partition coefficient (Wildman–Crippen LogP) is 3.42. The van der Waals surface area contributed by atoms with E-state index in [-0.39, 0.29) is 24.1 Å². The minimum atomic E-state index is -0.368. The summed E-state index contributed by atoms with van der Waals surface area (Å²) in [5.41, 5.74) is 1.56. The number of carbonyl (C=O) groups excluding carboxylic acids is 2. The second-order valence-corrected chi connectivity index (χ2v) is 6.80. The van der Waals surface area contributed by atoms with E-state index >= 15 is 0 Å². The lowest BCUT2D eigenvalue weighted by Crippen LogP contribution is -2.35. The Labute approximate surface area is 169 Å². The van der Waals surface area contributed by atoms with Gasteiger partial charge in [-0.1, -0.05) is 23.7 Å². The van der Waals surface area contributed by atoms with E-state index in [2.05, 4.69) is 10.6 Å². The van der Waals surface area contributed by atoms with Crippen molar-refractivity contribution in [3.63, 3.8) is 0 Å². The van der Waals surface area contributed by atoms with Crippen LogP contribution < -0.4 is 15.4 Å². The summed E-state index contributed by atoms with van der Waals surface area (Å²) in [5, 5.41) is 6.10. The van der Waals surface area contributed by atoms with E-state index in [1.807, 2.05) is 19.1 Å². The Kier molecular flexibility index (Phi) is 8.75. The molecule has 0 saturated carbocycles. The highest BCUT2D eigenvalue weighted by molar-refractivity contribution is 6.30. The summed E-state index contributed by atoms with van der Waals surface area (Å²) in [5.74, 6) is 0.0703. The Bertz CT molecular complexity index is 814. The summed E-state index contributed by atoms with van der Waals surface area (Å²) in [6.45, 7) is 3.00. The van der Waals surface area contributed by atoms with Gasteiger partial charge < -0.3 is 15.4 Å². The van der Waals surface area contributed by atoms with E-state index in [0.717, 1.165) is 11.3 Å². The lowest BCUT2D eigenvalue weighted by molar-refractivity contribution is -0.122. The number of carbonyl (C=O) groups is 2. The zero-order valence-electron chi connectivity index (χ0n) is 15.8. The number of nitrogens with one attached hydrogen (secondary N) is 2. The molecule has 2 aromatic carbocycles. The van der Waals surface area contributed by atoms with E-state index in [9.17, 15) is 14.0 Å². The first-order valence-corrected chi connectivity index (χ1v) is 9.48. The summed E-state index contributed by atoms with van der Waals surface area (Å²) in [7, 11) is 0. The van der Waals surface area contributed by atoms with Crippen LogP contribution in [0.1, 0.15) is 24.0 Å². The summed E-state index contributed by atoms with van der Waals surface area (Å²) >= 11 is 5.90. The Morgan fingerprint density at radius 3 is 2.54 bits per heavy atom. The van der Waals surface area contributed by atoms with E-state index in [0.29, 0.717) is 43.1 Å². The SMILES string of the molecule is Cc1cc(Cl)ccc1OCCCC(=O)NCCNC(=O)Cc1cccc(F)c1. The van der Waals surface area contributed by atoms with Gasteiger partial charge >= 0.3 is 0 Å². The smallest absolute Gasteiger partial charge is 0.224 e. The standard InChI is InChI=1S/C21H24ClFN2O3/c1-15-12-17(22)7-8-19(15)28-11-3-6-20(26)24-9-10-25-21(27)14-16-4-2-5-18(23)13-16/h2,4-5,7-8,12-13H,3,6,9-11,14H2,1H3,(H,24,26)(H,25,27). The van der Waals surface area contributed by atoms with Crippen LogP contribution in [-0.2, 0) is 16.0 Å². The maximum atomic E-state index is 13.1. The number of rotatable bonds is 10. The van der Waals surface area contributed by atoms with E-state index in [1.165, 1.54) is 12.1 Å². The first-order valence-electron chi connectivity index (χ1n) is 9.11. The highest BCUT2D eigenvalue weighted by Gasteiger charge is 2.06. The molecule has 7 heteroatoms. The molecule has 0 spiro atoms. The van der Waals surface area contributed by atoms with Crippen molar-refractivity contribution < 1.29 is 18.7 Å². The number of benzene rings is 2. The van der Waals surface area contributed by atoms with Gasteiger partial charge in [0.25, 0.3) is 0 Å². The molecule has 0 aliphatic heterocycles. The van der Waals surface area contributed by atoms with E-state index in [4.69, 9.17) is 16.3 Å². The van der Waals surface area contributed by atoms with Gasteiger partial charge in [-0.2, -0.15) is 0 Å². The summed E-state index contributed by atoms with van der Waals surface area (Å²) in [4.78, 5) is 23.6. The van der Waals surface area contributed by atoms with Gasteiger partial charge in [0.15, 0.2) is 0 Å².